The zero-order chi connectivity index (χ0) is 15.4. The first-order chi connectivity index (χ1) is 10.1. The predicted molar refractivity (Wildman–Crippen MR) is 79.5 cm³/mol. The van der Waals surface area contributed by atoms with Gasteiger partial charge in [0.2, 0.25) is 0 Å². The van der Waals surface area contributed by atoms with E-state index in [1.165, 1.54) is 0 Å². The highest BCUT2D eigenvalue weighted by atomic mass is 16.5. The van der Waals surface area contributed by atoms with E-state index in [0.717, 1.165) is 5.69 Å². The molecule has 1 aromatic heterocycles. The topological polar surface area (TPSA) is 65.4 Å². The highest BCUT2D eigenvalue weighted by Crippen LogP contribution is 2.16. The molecule has 0 radical (unpaired) electrons. The van der Waals surface area contributed by atoms with Crippen LogP contribution in [0.3, 0.4) is 0 Å². The fourth-order valence-electron chi connectivity index (χ4n) is 2.43. The maximum atomic E-state index is 12.5. The number of aromatic nitrogens is 2. The van der Waals surface area contributed by atoms with Crippen LogP contribution in [-0.2, 0) is 16.0 Å². The van der Waals surface area contributed by atoms with E-state index in [0.29, 0.717) is 38.0 Å². The van der Waals surface area contributed by atoms with Crippen LogP contribution in [0, 0.1) is 0 Å². The van der Waals surface area contributed by atoms with Crippen LogP contribution in [0.25, 0.3) is 0 Å². The highest BCUT2D eigenvalue weighted by Gasteiger charge is 2.31. The zero-order valence-corrected chi connectivity index (χ0v) is 13.3. The van der Waals surface area contributed by atoms with Crippen molar-refractivity contribution in [2.75, 3.05) is 19.8 Å². The van der Waals surface area contributed by atoms with E-state index < -0.39 is 0 Å². The molecule has 0 unspecified atom stereocenters. The number of rotatable bonds is 6. The third-order valence-corrected chi connectivity index (χ3v) is 3.65. The Morgan fingerprint density at radius 3 is 2.90 bits per heavy atom. The minimum atomic E-state index is -0.114. The first kappa shape index (κ1) is 16.0. The van der Waals surface area contributed by atoms with Crippen molar-refractivity contribution < 1.29 is 14.3 Å². The predicted octanol–water partition coefficient (Wildman–Crippen LogP) is 1.56. The Bertz CT molecular complexity index is 485. The molecule has 21 heavy (non-hydrogen) atoms. The Morgan fingerprint density at radius 2 is 2.29 bits per heavy atom. The zero-order valence-electron chi connectivity index (χ0n) is 13.3. The third-order valence-electron chi connectivity index (χ3n) is 3.65. The van der Waals surface area contributed by atoms with Gasteiger partial charge < -0.3 is 14.8 Å². The van der Waals surface area contributed by atoms with Crippen LogP contribution in [-0.4, -0.2) is 47.7 Å². The molecular weight excluding hydrogens is 270 g/mol. The van der Waals surface area contributed by atoms with Gasteiger partial charge in [0, 0.05) is 13.2 Å². The summed E-state index contributed by atoms with van der Waals surface area (Å²) in [5.41, 5.74) is 1.54. The van der Waals surface area contributed by atoms with Crippen molar-refractivity contribution >= 4 is 5.91 Å². The van der Waals surface area contributed by atoms with E-state index in [-0.39, 0.29) is 18.1 Å². The molecule has 0 spiro atoms. The Morgan fingerprint density at radius 1 is 1.52 bits per heavy atom. The van der Waals surface area contributed by atoms with Crippen molar-refractivity contribution in [2.45, 2.75) is 52.3 Å². The number of aryl methyl sites for hydroxylation is 1. The monoisotopic (exact) mass is 295 g/mol. The van der Waals surface area contributed by atoms with Gasteiger partial charge in [0.1, 0.15) is 11.8 Å². The van der Waals surface area contributed by atoms with Gasteiger partial charge in [-0.15, -0.1) is 0 Å². The average Bonchev–Trinajstić information content (AvgIpc) is 3.06. The average molecular weight is 295 g/mol. The number of nitrogens with one attached hydrogen (secondary N) is 1. The smallest absolute Gasteiger partial charge is 0.269 e. The van der Waals surface area contributed by atoms with Crippen molar-refractivity contribution in [3.05, 3.63) is 17.5 Å². The van der Waals surface area contributed by atoms with Gasteiger partial charge in [-0.05, 0) is 25.8 Å². The van der Waals surface area contributed by atoms with Crippen LogP contribution in [0.4, 0.5) is 0 Å². The maximum Gasteiger partial charge on any atom is 0.269 e. The summed E-state index contributed by atoms with van der Waals surface area (Å²) >= 11 is 0. The lowest BCUT2D eigenvalue weighted by molar-refractivity contribution is 0.0401. The number of nitrogens with zero attached hydrogens (tertiary/aromatic N) is 2. The summed E-state index contributed by atoms with van der Waals surface area (Å²) in [6.07, 6.45) is -0.0680. The van der Waals surface area contributed by atoms with Crippen molar-refractivity contribution in [1.29, 1.82) is 0 Å². The molecule has 118 valence electrons. The lowest BCUT2D eigenvalue weighted by Gasteiger charge is -2.18. The number of hydrogen-bond donors (Lipinski definition) is 1. The molecule has 0 bridgehead atoms. The minimum absolute atomic E-state index is 0.0680. The molecule has 0 saturated carbocycles. The highest BCUT2D eigenvalue weighted by molar-refractivity contribution is 5.93. The number of carbonyl (C=O) groups is 1. The Kier molecular flexibility index (Phi) is 5.36. The van der Waals surface area contributed by atoms with E-state index in [1.807, 2.05) is 19.9 Å². The Balaban J connectivity index is 2.09. The van der Waals surface area contributed by atoms with Gasteiger partial charge in [-0.25, -0.2) is 0 Å². The second-order valence-corrected chi connectivity index (χ2v) is 5.54. The summed E-state index contributed by atoms with van der Waals surface area (Å²) < 4.78 is 12.7. The van der Waals surface area contributed by atoms with Gasteiger partial charge in [-0.3, -0.25) is 9.48 Å². The standard InChI is InChI=1S/C15H25N3O3/c1-5-18-13(7-11(17-18)10(3)4)15(19)16-12-8-20-9-14(12)21-6-2/h7,10,12,14H,5-6,8-9H2,1-4H3,(H,16,19)/t12-,14-/m1/s1. The fraction of sp³-hybridized carbons (Fsp3) is 0.733. The molecule has 1 saturated heterocycles. The molecule has 1 aromatic rings. The molecule has 1 aliphatic heterocycles. The van der Waals surface area contributed by atoms with Gasteiger partial charge in [-0.1, -0.05) is 13.8 Å². The van der Waals surface area contributed by atoms with Crippen molar-refractivity contribution in [2.24, 2.45) is 0 Å². The molecule has 0 aromatic carbocycles. The molecule has 2 atom stereocenters. The van der Waals surface area contributed by atoms with Gasteiger partial charge >= 0.3 is 0 Å². The van der Waals surface area contributed by atoms with E-state index in [1.54, 1.807) is 4.68 Å². The van der Waals surface area contributed by atoms with E-state index >= 15 is 0 Å². The van der Waals surface area contributed by atoms with Crippen LogP contribution >= 0.6 is 0 Å². The first-order valence-electron chi connectivity index (χ1n) is 7.64. The lowest BCUT2D eigenvalue weighted by Crippen LogP contribution is -2.44. The van der Waals surface area contributed by atoms with Gasteiger partial charge in [0.05, 0.1) is 24.9 Å². The van der Waals surface area contributed by atoms with Crippen molar-refractivity contribution in [1.82, 2.24) is 15.1 Å². The summed E-state index contributed by atoms with van der Waals surface area (Å²) in [4.78, 5) is 12.5. The second-order valence-electron chi connectivity index (χ2n) is 5.54. The van der Waals surface area contributed by atoms with Crippen LogP contribution in [0.2, 0.25) is 0 Å². The minimum Gasteiger partial charge on any atom is -0.376 e. The van der Waals surface area contributed by atoms with Crippen molar-refractivity contribution in [3.8, 4) is 0 Å². The number of carbonyl (C=O) groups excluding carboxylic acids is 1. The van der Waals surface area contributed by atoms with Gasteiger partial charge in [-0.2, -0.15) is 5.10 Å². The quantitative estimate of drug-likeness (QED) is 0.865. The fourth-order valence-corrected chi connectivity index (χ4v) is 2.43. The largest absolute Gasteiger partial charge is 0.376 e. The van der Waals surface area contributed by atoms with Crippen LogP contribution in [0.1, 0.15) is 49.8 Å². The number of amides is 1. The van der Waals surface area contributed by atoms with Crippen LogP contribution < -0.4 is 5.32 Å². The summed E-state index contributed by atoms with van der Waals surface area (Å²) in [7, 11) is 0. The lowest BCUT2D eigenvalue weighted by atomic mass is 10.1. The van der Waals surface area contributed by atoms with E-state index in [9.17, 15) is 4.79 Å². The van der Waals surface area contributed by atoms with Crippen molar-refractivity contribution in [3.63, 3.8) is 0 Å². The SMILES string of the molecule is CCO[C@@H]1COC[C@H]1NC(=O)c1cc(C(C)C)nn1CC. The molecule has 6 nitrogen and oxygen atoms in total. The molecule has 6 heteroatoms. The summed E-state index contributed by atoms with van der Waals surface area (Å²) in [5.74, 6) is 0.187. The molecule has 1 aliphatic rings. The van der Waals surface area contributed by atoms with E-state index in [2.05, 4.69) is 24.3 Å². The first-order valence-corrected chi connectivity index (χ1v) is 7.64. The third kappa shape index (κ3) is 3.63. The summed E-state index contributed by atoms with van der Waals surface area (Å²) in [6.45, 7) is 10.4. The number of hydrogen-bond acceptors (Lipinski definition) is 4. The molecule has 2 heterocycles. The molecule has 1 N–H and O–H groups in total. The second kappa shape index (κ2) is 7.04. The van der Waals surface area contributed by atoms with Crippen LogP contribution in [0.15, 0.2) is 6.07 Å². The van der Waals surface area contributed by atoms with Gasteiger partial charge in [0.15, 0.2) is 0 Å². The Hall–Kier alpha value is -1.40. The normalized spacial score (nSPS) is 22.0. The van der Waals surface area contributed by atoms with Gasteiger partial charge in [0.25, 0.3) is 5.91 Å². The molecule has 1 amide bonds. The molecular formula is C15H25N3O3. The maximum absolute atomic E-state index is 12.5. The van der Waals surface area contributed by atoms with Crippen LogP contribution in [0.5, 0.6) is 0 Å². The van der Waals surface area contributed by atoms with E-state index in [4.69, 9.17) is 9.47 Å². The molecule has 0 aliphatic carbocycles. The Labute approximate surface area is 125 Å². The summed E-state index contributed by atoms with van der Waals surface area (Å²) in [5, 5.41) is 7.48. The summed E-state index contributed by atoms with van der Waals surface area (Å²) in [6, 6.07) is 1.77. The number of ether oxygens (including phenoxy) is 2. The molecule has 2 rings (SSSR count). The molecule has 1 fully saturated rings.